The lowest BCUT2D eigenvalue weighted by atomic mass is 10.1. The molecule has 5 amide bonds. The van der Waals surface area contributed by atoms with Gasteiger partial charge in [-0.05, 0) is 67.1 Å². The van der Waals surface area contributed by atoms with Crippen molar-refractivity contribution in [1.82, 2.24) is 5.32 Å². The van der Waals surface area contributed by atoms with Crippen molar-refractivity contribution < 1.29 is 33.4 Å². The molecule has 0 aliphatic carbocycles. The number of amides is 5. The van der Waals surface area contributed by atoms with Gasteiger partial charge in [0.15, 0.2) is 18.1 Å². The first kappa shape index (κ1) is 29.6. The van der Waals surface area contributed by atoms with E-state index in [2.05, 4.69) is 26.6 Å². The molecule has 3 aromatic carbocycles. The first-order valence-electron chi connectivity index (χ1n) is 12.4. The van der Waals surface area contributed by atoms with Gasteiger partial charge in [0.25, 0.3) is 17.7 Å². The van der Waals surface area contributed by atoms with Crippen LogP contribution in [-0.2, 0) is 14.4 Å². The van der Waals surface area contributed by atoms with Gasteiger partial charge >= 0.3 is 6.03 Å². The van der Waals surface area contributed by atoms with Crippen molar-refractivity contribution in [2.45, 2.75) is 13.3 Å². The van der Waals surface area contributed by atoms with Gasteiger partial charge in [0.1, 0.15) is 11.3 Å². The Morgan fingerprint density at radius 2 is 1.73 bits per heavy atom. The SMILES string of the molecule is CCCOc1ccc(N2C(=O)NC(=O)/C(=C\c3cc(Br)ccc3OCC(=O)Nc3ccc(Cl)cc3)C2=O)cc1OC. The van der Waals surface area contributed by atoms with E-state index in [1.54, 1.807) is 48.5 Å². The Morgan fingerprint density at radius 3 is 2.44 bits per heavy atom. The first-order valence-corrected chi connectivity index (χ1v) is 13.6. The summed E-state index contributed by atoms with van der Waals surface area (Å²) in [5, 5.41) is 5.41. The largest absolute Gasteiger partial charge is 0.493 e. The topological polar surface area (TPSA) is 123 Å². The Kier molecular flexibility index (Phi) is 9.64. The average Bonchev–Trinajstić information content (AvgIpc) is 2.95. The van der Waals surface area contributed by atoms with E-state index in [9.17, 15) is 19.2 Å². The van der Waals surface area contributed by atoms with Gasteiger partial charge in [-0.3, -0.25) is 19.7 Å². The fourth-order valence-corrected chi connectivity index (χ4v) is 4.32. The van der Waals surface area contributed by atoms with Gasteiger partial charge < -0.3 is 19.5 Å². The number of nitrogens with zero attached hydrogens (tertiary/aromatic N) is 1. The fraction of sp³-hybridized carbons (Fsp3) is 0.172. The summed E-state index contributed by atoms with van der Waals surface area (Å²) in [6.45, 7) is 2.07. The van der Waals surface area contributed by atoms with E-state index in [0.29, 0.717) is 38.9 Å². The van der Waals surface area contributed by atoms with E-state index < -0.39 is 23.8 Å². The number of carbonyl (C=O) groups excluding carboxylic acids is 4. The maximum atomic E-state index is 13.5. The van der Waals surface area contributed by atoms with Crippen LogP contribution in [0.15, 0.2) is 70.7 Å². The average molecular weight is 643 g/mol. The van der Waals surface area contributed by atoms with E-state index in [1.807, 2.05) is 6.92 Å². The molecular weight excluding hydrogens is 618 g/mol. The molecule has 0 atom stereocenters. The molecule has 10 nitrogen and oxygen atoms in total. The highest BCUT2D eigenvalue weighted by atomic mass is 79.9. The number of nitrogens with one attached hydrogen (secondary N) is 2. The Bertz CT molecular complexity index is 1530. The van der Waals surface area contributed by atoms with Gasteiger partial charge in [0, 0.05) is 26.8 Å². The minimum absolute atomic E-state index is 0.177. The lowest BCUT2D eigenvalue weighted by Crippen LogP contribution is -2.54. The second-order valence-corrected chi connectivity index (χ2v) is 10.0. The molecule has 0 unspecified atom stereocenters. The number of hydrogen-bond acceptors (Lipinski definition) is 7. The number of carbonyl (C=O) groups is 4. The van der Waals surface area contributed by atoms with Crippen LogP contribution < -0.4 is 29.7 Å². The van der Waals surface area contributed by atoms with Gasteiger partial charge in [-0.1, -0.05) is 34.5 Å². The number of urea groups is 1. The van der Waals surface area contributed by atoms with E-state index in [-0.39, 0.29) is 23.6 Å². The van der Waals surface area contributed by atoms with E-state index >= 15 is 0 Å². The van der Waals surface area contributed by atoms with Crippen LogP contribution >= 0.6 is 27.5 Å². The van der Waals surface area contributed by atoms with Crippen molar-refractivity contribution >= 4 is 68.7 Å². The standard InChI is InChI=1S/C29H25BrClN3O7/c1-3-12-40-24-11-9-21(15-25(24)39-2)34-28(37)22(27(36)33-29(34)38)14-17-13-18(30)4-10-23(17)41-16-26(35)32-20-7-5-19(31)6-8-20/h4-11,13-15H,3,12,16H2,1-2H3,(H,32,35)(H,33,36,38)/b22-14+. The van der Waals surface area contributed by atoms with Crippen LogP contribution in [0.2, 0.25) is 5.02 Å². The second kappa shape index (κ2) is 13.3. The van der Waals surface area contributed by atoms with Crippen LogP contribution in [0.3, 0.4) is 0 Å². The highest BCUT2D eigenvalue weighted by Gasteiger charge is 2.37. The molecule has 4 rings (SSSR count). The summed E-state index contributed by atoms with van der Waals surface area (Å²) in [5.41, 5.74) is 0.726. The summed E-state index contributed by atoms with van der Waals surface area (Å²) in [5.74, 6) is -1.16. The number of ether oxygens (including phenoxy) is 3. The minimum atomic E-state index is -0.911. The molecule has 0 spiro atoms. The van der Waals surface area contributed by atoms with Crippen molar-refractivity contribution in [1.29, 1.82) is 0 Å². The van der Waals surface area contributed by atoms with E-state index in [4.69, 9.17) is 25.8 Å². The third-order valence-electron chi connectivity index (χ3n) is 5.73. The molecule has 1 saturated heterocycles. The van der Waals surface area contributed by atoms with Gasteiger partial charge in [-0.15, -0.1) is 0 Å². The predicted octanol–water partition coefficient (Wildman–Crippen LogP) is 5.58. The maximum absolute atomic E-state index is 13.5. The predicted molar refractivity (Wildman–Crippen MR) is 158 cm³/mol. The second-order valence-electron chi connectivity index (χ2n) is 8.67. The Labute approximate surface area is 249 Å². The molecular formula is C29H25BrClN3O7. The zero-order valence-corrected chi connectivity index (χ0v) is 24.4. The first-order chi connectivity index (χ1) is 19.7. The third kappa shape index (κ3) is 7.24. The number of rotatable bonds is 10. The molecule has 212 valence electrons. The summed E-state index contributed by atoms with van der Waals surface area (Å²) in [7, 11) is 1.44. The minimum Gasteiger partial charge on any atom is -0.493 e. The lowest BCUT2D eigenvalue weighted by molar-refractivity contribution is -0.122. The molecule has 3 aromatic rings. The fourth-order valence-electron chi connectivity index (χ4n) is 3.81. The normalized spacial score (nSPS) is 14.1. The molecule has 1 aliphatic rings. The van der Waals surface area contributed by atoms with E-state index in [0.717, 1.165) is 11.3 Å². The molecule has 12 heteroatoms. The molecule has 0 bridgehead atoms. The van der Waals surface area contributed by atoms with Crippen LogP contribution in [0, 0.1) is 0 Å². The zero-order chi connectivity index (χ0) is 29.5. The third-order valence-corrected chi connectivity index (χ3v) is 6.47. The number of imide groups is 2. The van der Waals surface area contributed by atoms with Crippen molar-refractivity contribution in [2.75, 3.05) is 30.5 Å². The Balaban J connectivity index is 1.58. The molecule has 1 fully saturated rings. The highest BCUT2D eigenvalue weighted by Crippen LogP contribution is 2.34. The highest BCUT2D eigenvalue weighted by molar-refractivity contribution is 9.10. The Morgan fingerprint density at radius 1 is 1.00 bits per heavy atom. The van der Waals surface area contributed by atoms with Gasteiger partial charge in [-0.25, -0.2) is 9.69 Å². The van der Waals surface area contributed by atoms with E-state index in [1.165, 1.54) is 25.3 Å². The van der Waals surface area contributed by atoms with Crippen LogP contribution in [-0.4, -0.2) is 44.1 Å². The van der Waals surface area contributed by atoms with Gasteiger partial charge in [0.05, 0.1) is 19.4 Å². The van der Waals surface area contributed by atoms with Crippen molar-refractivity contribution in [3.63, 3.8) is 0 Å². The summed E-state index contributed by atoms with van der Waals surface area (Å²) >= 11 is 9.25. The van der Waals surface area contributed by atoms with Crippen molar-refractivity contribution in [2.24, 2.45) is 0 Å². The quantitative estimate of drug-likeness (QED) is 0.219. The molecule has 2 N–H and O–H groups in total. The maximum Gasteiger partial charge on any atom is 0.335 e. The molecule has 0 saturated carbocycles. The number of anilines is 2. The lowest BCUT2D eigenvalue weighted by Gasteiger charge is -2.27. The molecule has 1 aliphatic heterocycles. The van der Waals surface area contributed by atoms with Crippen LogP contribution in [0.4, 0.5) is 16.2 Å². The number of barbiturate groups is 1. The van der Waals surface area contributed by atoms with Gasteiger partial charge in [0.2, 0.25) is 0 Å². The summed E-state index contributed by atoms with van der Waals surface area (Å²) < 4.78 is 17.4. The van der Waals surface area contributed by atoms with Crippen molar-refractivity contribution in [3.8, 4) is 17.2 Å². The summed E-state index contributed by atoms with van der Waals surface area (Å²) in [6, 6.07) is 15.1. The summed E-state index contributed by atoms with van der Waals surface area (Å²) in [4.78, 5) is 52.2. The summed E-state index contributed by atoms with van der Waals surface area (Å²) in [6.07, 6.45) is 2.08. The molecule has 41 heavy (non-hydrogen) atoms. The molecule has 0 aromatic heterocycles. The van der Waals surface area contributed by atoms with Crippen molar-refractivity contribution in [3.05, 3.63) is 81.3 Å². The van der Waals surface area contributed by atoms with Crippen LogP contribution in [0.5, 0.6) is 17.2 Å². The smallest absolute Gasteiger partial charge is 0.335 e. The van der Waals surface area contributed by atoms with Gasteiger partial charge in [-0.2, -0.15) is 0 Å². The van der Waals surface area contributed by atoms with Crippen LogP contribution in [0.1, 0.15) is 18.9 Å². The number of halogens is 2. The monoisotopic (exact) mass is 641 g/mol. The number of hydrogen-bond donors (Lipinski definition) is 2. The number of methoxy groups -OCH3 is 1. The number of benzene rings is 3. The molecule has 1 heterocycles. The molecule has 0 radical (unpaired) electrons. The Hall–Kier alpha value is -4.35. The zero-order valence-electron chi connectivity index (χ0n) is 22.0. The van der Waals surface area contributed by atoms with Crippen LogP contribution in [0.25, 0.3) is 6.08 Å².